The Kier molecular flexibility index (Phi) is 5.77. The number of nitrogens with zero attached hydrogens (tertiary/aromatic N) is 3. The van der Waals surface area contributed by atoms with Gasteiger partial charge < -0.3 is 4.74 Å². The van der Waals surface area contributed by atoms with Crippen molar-refractivity contribution in [2.75, 3.05) is 0 Å². The van der Waals surface area contributed by atoms with Gasteiger partial charge in [-0.2, -0.15) is 10.2 Å². The zero-order valence-corrected chi connectivity index (χ0v) is 18.1. The summed E-state index contributed by atoms with van der Waals surface area (Å²) in [5.74, 6) is -1.24. The molecule has 0 bridgehead atoms. The first-order chi connectivity index (χ1) is 15.8. The third-order valence-corrected chi connectivity index (χ3v) is 6.46. The van der Waals surface area contributed by atoms with Gasteiger partial charge in [-0.3, -0.25) is 9.20 Å². The molecule has 0 spiro atoms. The molecule has 0 radical (unpaired) electrons. The molecule has 7 nitrogen and oxygen atoms in total. The fourth-order valence-corrected chi connectivity index (χ4v) is 4.20. The van der Waals surface area contributed by atoms with Crippen molar-refractivity contribution in [2.24, 2.45) is 0 Å². The Hall–Kier alpha value is -4.29. The van der Waals surface area contributed by atoms with Crippen LogP contribution < -0.4 is 10.3 Å². The predicted octanol–water partition coefficient (Wildman–Crippen LogP) is 4.27. The fourth-order valence-electron chi connectivity index (χ4n) is 3.06. The highest BCUT2D eigenvalue weighted by molar-refractivity contribution is 7.95. The SMILES string of the molecule is Cc1ccc(S(=O)(=O)/C(C#N)=C/c2c(Oc3ccccc3F)nc3ccccn3c2=O)cc1. The van der Waals surface area contributed by atoms with Crippen LogP contribution >= 0.6 is 0 Å². The van der Waals surface area contributed by atoms with Crippen molar-refractivity contribution < 1.29 is 17.5 Å². The molecule has 9 heteroatoms. The molecular formula is C24H16FN3O4S. The molecule has 0 atom stereocenters. The van der Waals surface area contributed by atoms with Crippen molar-refractivity contribution in [1.82, 2.24) is 9.38 Å². The fraction of sp³-hybridized carbons (Fsp3) is 0.0417. The molecule has 2 heterocycles. The number of halogens is 1. The summed E-state index contributed by atoms with van der Waals surface area (Å²) in [4.78, 5) is 16.6. The van der Waals surface area contributed by atoms with Crippen molar-refractivity contribution in [1.29, 1.82) is 5.26 Å². The van der Waals surface area contributed by atoms with Crippen molar-refractivity contribution in [3.8, 4) is 17.7 Å². The predicted molar refractivity (Wildman–Crippen MR) is 120 cm³/mol. The van der Waals surface area contributed by atoms with E-state index in [4.69, 9.17) is 4.74 Å². The topological polar surface area (TPSA) is 102 Å². The molecule has 0 aliphatic heterocycles. The summed E-state index contributed by atoms with van der Waals surface area (Å²) in [5.41, 5.74) is 0.0489. The maximum Gasteiger partial charge on any atom is 0.269 e. The molecule has 0 fully saturated rings. The number of fused-ring (bicyclic) bond motifs is 1. The Morgan fingerprint density at radius 3 is 2.48 bits per heavy atom. The van der Waals surface area contributed by atoms with E-state index in [9.17, 15) is 22.9 Å². The lowest BCUT2D eigenvalue weighted by Gasteiger charge is -2.11. The molecule has 4 aromatic rings. The van der Waals surface area contributed by atoms with Gasteiger partial charge in [0.25, 0.3) is 5.56 Å². The second-order valence-electron chi connectivity index (χ2n) is 7.03. The molecule has 2 aromatic heterocycles. The van der Waals surface area contributed by atoms with Crippen molar-refractivity contribution >= 4 is 21.6 Å². The number of nitriles is 1. The molecule has 0 unspecified atom stereocenters. The number of pyridine rings is 1. The van der Waals surface area contributed by atoms with Crippen molar-refractivity contribution in [2.45, 2.75) is 11.8 Å². The maximum atomic E-state index is 14.2. The van der Waals surface area contributed by atoms with E-state index in [1.807, 2.05) is 0 Å². The summed E-state index contributed by atoms with van der Waals surface area (Å²) in [6.45, 7) is 1.80. The van der Waals surface area contributed by atoms with Crippen LogP contribution in [0.25, 0.3) is 11.7 Å². The number of ether oxygens (including phenoxy) is 1. The molecule has 2 aromatic carbocycles. The van der Waals surface area contributed by atoms with Gasteiger partial charge in [-0.1, -0.05) is 35.9 Å². The number of hydrogen-bond acceptors (Lipinski definition) is 6. The Morgan fingerprint density at radius 2 is 1.79 bits per heavy atom. The molecule has 0 aliphatic carbocycles. The second-order valence-corrected chi connectivity index (χ2v) is 8.95. The summed E-state index contributed by atoms with van der Waals surface area (Å²) in [6, 6.07) is 17.9. The van der Waals surface area contributed by atoms with Crippen LogP contribution in [0.4, 0.5) is 4.39 Å². The second kappa shape index (κ2) is 8.68. The average Bonchev–Trinajstić information content (AvgIpc) is 2.80. The van der Waals surface area contributed by atoms with Crippen molar-refractivity contribution in [3.63, 3.8) is 0 Å². The first-order valence-corrected chi connectivity index (χ1v) is 11.2. The van der Waals surface area contributed by atoms with Crippen LogP contribution in [0, 0.1) is 24.1 Å². The smallest absolute Gasteiger partial charge is 0.269 e. The molecular weight excluding hydrogens is 445 g/mol. The third kappa shape index (κ3) is 4.24. The van der Waals surface area contributed by atoms with Crippen LogP contribution in [-0.2, 0) is 9.84 Å². The average molecular weight is 461 g/mol. The Bertz CT molecular complexity index is 1600. The van der Waals surface area contributed by atoms with Crippen LogP contribution in [-0.4, -0.2) is 17.8 Å². The Morgan fingerprint density at radius 1 is 1.09 bits per heavy atom. The van der Waals surface area contributed by atoms with Crippen LogP contribution in [0.1, 0.15) is 11.1 Å². The third-order valence-electron chi connectivity index (χ3n) is 4.78. The minimum atomic E-state index is -4.24. The Balaban J connectivity index is 1.95. The molecule has 0 amide bonds. The van der Waals surface area contributed by atoms with E-state index in [2.05, 4.69) is 4.98 Å². The van der Waals surface area contributed by atoms with E-state index in [0.717, 1.165) is 11.6 Å². The van der Waals surface area contributed by atoms with E-state index in [1.165, 1.54) is 53.1 Å². The quantitative estimate of drug-likeness (QED) is 0.411. The van der Waals surface area contributed by atoms with Gasteiger partial charge >= 0.3 is 0 Å². The maximum absolute atomic E-state index is 14.2. The lowest BCUT2D eigenvalue weighted by Crippen LogP contribution is -2.19. The highest BCUT2D eigenvalue weighted by Gasteiger charge is 2.24. The first-order valence-electron chi connectivity index (χ1n) is 9.68. The Labute approximate surface area is 188 Å². The van der Waals surface area contributed by atoms with Gasteiger partial charge in [0.05, 0.1) is 4.90 Å². The van der Waals surface area contributed by atoms with E-state index >= 15 is 0 Å². The van der Waals surface area contributed by atoms with E-state index in [-0.39, 0.29) is 27.7 Å². The summed E-state index contributed by atoms with van der Waals surface area (Å²) in [7, 11) is -4.24. The highest BCUT2D eigenvalue weighted by atomic mass is 32.2. The standard InChI is InChI=1S/C24H16FN3O4S/c1-16-9-11-17(12-10-16)33(30,31)18(15-26)14-19-23(32-21-7-3-2-6-20(21)25)27-22-8-4-5-13-28(22)24(19)29/h2-14H,1H3/b18-14+. The number of sulfone groups is 1. The number of rotatable bonds is 5. The first kappa shape index (κ1) is 21.9. The summed E-state index contributed by atoms with van der Waals surface area (Å²) in [5, 5.41) is 9.64. The summed E-state index contributed by atoms with van der Waals surface area (Å²) >= 11 is 0. The van der Waals surface area contributed by atoms with Gasteiger partial charge in [0, 0.05) is 6.20 Å². The van der Waals surface area contributed by atoms with Crippen molar-refractivity contribution in [3.05, 3.63) is 105 Å². The van der Waals surface area contributed by atoms with Gasteiger partial charge in [0.15, 0.2) is 11.6 Å². The van der Waals surface area contributed by atoms with Gasteiger partial charge in [-0.25, -0.2) is 12.8 Å². The number of benzene rings is 2. The molecule has 0 saturated carbocycles. The molecule has 4 rings (SSSR count). The molecule has 0 aliphatic rings. The number of hydrogen-bond donors (Lipinski definition) is 0. The van der Waals surface area contributed by atoms with Gasteiger partial charge in [0.2, 0.25) is 15.7 Å². The van der Waals surface area contributed by atoms with Crippen LogP contribution in [0.5, 0.6) is 11.6 Å². The van der Waals surface area contributed by atoms with Crippen LogP contribution in [0.3, 0.4) is 0 Å². The zero-order chi connectivity index (χ0) is 23.6. The van der Waals surface area contributed by atoms with Gasteiger partial charge in [-0.05, 0) is 49.4 Å². The lowest BCUT2D eigenvalue weighted by molar-refractivity contribution is 0.426. The van der Waals surface area contributed by atoms with Gasteiger partial charge in [0.1, 0.15) is 22.2 Å². The van der Waals surface area contributed by atoms with Gasteiger partial charge in [-0.15, -0.1) is 0 Å². The molecule has 0 N–H and O–H groups in total. The number of aryl methyl sites for hydroxylation is 1. The normalized spacial score (nSPS) is 11.8. The minimum absolute atomic E-state index is 0.105. The molecule has 164 valence electrons. The number of allylic oxidation sites excluding steroid dienone is 1. The number of aromatic nitrogens is 2. The largest absolute Gasteiger partial charge is 0.435 e. The van der Waals surface area contributed by atoms with Crippen LogP contribution in [0.15, 0.2) is 87.5 Å². The monoisotopic (exact) mass is 461 g/mol. The summed E-state index contributed by atoms with van der Waals surface area (Å²) < 4.78 is 47.0. The van der Waals surface area contributed by atoms with Crippen LogP contribution in [0.2, 0.25) is 0 Å². The molecule has 33 heavy (non-hydrogen) atoms. The molecule has 0 saturated heterocycles. The van der Waals surface area contributed by atoms with E-state index < -0.39 is 26.1 Å². The summed E-state index contributed by atoms with van der Waals surface area (Å²) in [6.07, 6.45) is 2.34. The zero-order valence-electron chi connectivity index (χ0n) is 17.3. The van der Waals surface area contributed by atoms with E-state index in [0.29, 0.717) is 0 Å². The number of para-hydroxylation sites is 1. The lowest BCUT2D eigenvalue weighted by atomic mass is 10.2. The van der Waals surface area contributed by atoms with E-state index in [1.54, 1.807) is 37.3 Å². The minimum Gasteiger partial charge on any atom is -0.435 e. The highest BCUT2D eigenvalue weighted by Crippen LogP contribution is 2.28.